The largest absolute Gasteiger partial charge is 0.331 e. The fraction of sp³-hybridized carbons (Fsp3) is 0.409. The molecule has 2 atom stereocenters. The van der Waals surface area contributed by atoms with Crippen LogP contribution in [0.3, 0.4) is 0 Å². The second-order valence-corrected chi connectivity index (χ2v) is 7.23. The number of nitrogens with zero attached hydrogens (tertiary/aromatic N) is 1. The summed E-state index contributed by atoms with van der Waals surface area (Å²) in [4.78, 5) is 15.5. The van der Waals surface area contributed by atoms with E-state index in [1.165, 1.54) is 11.1 Å². The summed E-state index contributed by atoms with van der Waals surface area (Å²) in [6.45, 7) is 1.97. The predicted octanol–water partition coefficient (Wildman–Crippen LogP) is 3.86. The zero-order valence-electron chi connectivity index (χ0n) is 15.1. The molecule has 3 nitrogen and oxygen atoms in total. The van der Waals surface area contributed by atoms with Gasteiger partial charge in [0, 0.05) is 24.2 Å². The van der Waals surface area contributed by atoms with E-state index in [4.69, 9.17) is 0 Å². The molecule has 2 aliphatic heterocycles. The van der Waals surface area contributed by atoms with Crippen molar-refractivity contribution in [3.63, 3.8) is 0 Å². The van der Waals surface area contributed by atoms with E-state index in [0.717, 1.165) is 50.8 Å². The Balaban J connectivity index is 0.00000196. The van der Waals surface area contributed by atoms with Gasteiger partial charge in [-0.05, 0) is 55.8 Å². The number of rotatable bonds is 4. The zero-order valence-corrected chi connectivity index (χ0v) is 15.9. The van der Waals surface area contributed by atoms with Crippen LogP contribution in [0.4, 0.5) is 0 Å². The van der Waals surface area contributed by atoms with Crippen LogP contribution in [0.25, 0.3) is 0 Å². The van der Waals surface area contributed by atoms with Crippen LogP contribution < -0.4 is 5.32 Å². The Bertz CT molecular complexity index is 720. The van der Waals surface area contributed by atoms with E-state index in [-0.39, 0.29) is 18.3 Å². The lowest BCUT2D eigenvalue weighted by Crippen LogP contribution is -2.42. The van der Waals surface area contributed by atoms with Gasteiger partial charge in [0.1, 0.15) is 0 Å². The van der Waals surface area contributed by atoms with Crippen LogP contribution >= 0.6 is 12.4 Å². The molecule has 0 spiro atoms. The average Bonchev–Trinajstić information content (AvgIpc) is 2.93. The minimum absolute atomic E-state index is 0. The Labute approximate surface area is 162 Å². The number of hydrogen-bond donors (Lipinski definition) is 1. The van der Waals surface area contributed by atoms with Crippen LogP contribution in [0.15, 0.2) is 54.6 Å². The molecule has 2 saturated heterocycles. The van der Waals surface area contributed by atoms with E-state index in [2.05, 4.69) is 46.6 Å². The van der Waals surface area contributed by atoms with Crippen LogP contribution in [-0.4, -0.2) is 36.0 Å². The van der Waals surface area contributed by atoms with E-state index in [0.29, 0.717) is 12.1 Å². The van der Waals surface area contributed by atoms with Crippen molar-refractivity contribution in [3.8, 4) is 0 Å². The fourth-order valence-corrected chi connectivity index (χ4v) is 4.32. The molecule has 0 radical (unpaired) electrons. The number of benzene rings is 2. The topological polar surface area (TPSA) is 32.3 Å². The molecule has 2 aromatic rings. The number of hydrogen-bond acceptors (Lipinski definition) is 2. The lowest BCUT2D eigenvalue weighted by Gasteiger charge is -2.28. The first-order valence-corrected chi connectivity index (χ1v) is 9.48. The van der Waals surface area contributed by atoms with Crippen molar-refractivity contribution in [2.45, 2.75) is 44.2 Å². The molecule has 138 valence electrons. The Morgan fingerprint density at radius 1 is 0.923 bits per heavy atom. The van der Waals surface area contributed by atoms with Gasteiger partial charge in [0.15, 0.2) is 0 Å². The SMILES string of the molecule is Cl.O=C(c1ccccc1CCc1ccccc1)N1C2CCNCC1CC2. The smallest absolute Gasteiger partial charge is 0.254 e. The molecule has 0 aromatic heterocycles. The first kappa shape index (κ1) is 18.9. The van der Waals surface area contributed by atoms with E-state index >= 15 is 0 Å². The summed E-state index contributed by atoms with van der Waals surface area (Å²) in [6.07, 6.45) is 5.25. The average molecular weight is 371 g/mol. The van der Waals surface area contributed by atoms with Gasteiger partial charge in [0.2, 0.25) is 0 Å². The highest BCUT2D eigenvalue weighted by Gasteiger charge is 2.38. The highest BCUT2D eigenvalue weighted by Crippen LogP contribution is 2.30. The van der Waals surface area contributed by atoms with Crippen LogP contribution in [0.2, 0.25) is 0 Å². The standard InChI is InChI=1S/C22H26N2O.ClH/c25-22(24-19-12-13-20(24)16-23-15-14-19)21-9-5-4-8-18(21)11-10-17-6-2-1-3-7-17;/h1-9,19-20,23H,10-16H2;1H. The van der Waals surface area contributed by atoms with E-state index < -0.39 is 0 Å². The van der Waals surface area contributed by atoms with Crippen LogP contribution in [0.5, 0.6) is 0 Å². The van der Waals surface area contributed by atoms with Crippen LogP contribution in [-0.2, 0) is 12.8 Å². The maximum absolute atomic E-state index is 13.3. The molecule has 2 heterocycles. The maximum atomic E-state index is 13.3. The third kappa shape index (κ3) is 3.94. The molecule has 2 fully saturated rings. The molecule has 4 rings (SSSR count). The molecule has 0 aliphatic carbocycles. The number of carbonyl (C=O) groups excluding carboxylic acids is 1. The second kappa shape index (κ2) is 8.70. The molecule has 2 aromatic carbocycles. The predicted molar refractivity (Wildman–Crippen MR) is 108 cm³/mol. The van der Waals surface area contributed by atoms with Gasteiger partial charge in [0.25, 0.3) is 5.91 Å². The molecule has 26 heavy (non-hydrogen) atoms. The summed E-state index contributed by atoms with van der Waals surface area (Å²) in [6, 6.07) is 19.5. The van der Waals surface area contributed by atoms with Crippen molar-refractivity contribution in [1.29, 1.82) is 0 Å². The monoisotopic (exact) mass is 370 g/mol. The number of nitrogens with one attached hydrogen (secondary N) is 1. The Hall–Kier alpha value is -1.84. The van der Waals surface area contributed by atoms with Gasteiger partial charge < -0.3 is 10.2 Å². The van der Waals surface area contributed by atoms with Crippen molar-refractivity contribution in [2.75, 3.05) is 13.1 Å². The number of amides is 1. The molecule has 2 bridgehead atoms. The first-order chi connectivity index (χ1) is 12.3. The van der Waals surface area contributed by atoms with Gasteiger partial charge in [-0.25, -0.2) is 0 Å². The molecule has 2 aliphatic rings. The van der Waals surface area contributed by atoms with Crippen LogP contribution in [0, 0.1) is 0 Å². The quantitative estimate of drug-likeness (QED) is 0.886. The van der Waals surface area contributed by atoms with Gasteiger partial charge in [-0.1, -0.05) is 48.5 Å². The Kier molecular flexibility index (Phi) is 6.33. The van der Waals surface area contributed by atoms with Crippen LogP contribution in [0.1, 0.15) is 40.7 Å². The Morgan fingerprint density at radius 3 is 2.50 bits per heavy atom. The summed E-state index contributed by atoms with van der Waals surface area (Å²) < 4.78 is 0. The lowest BCUT2D eigenvalue weighted by molar-refractivity contribution is 0.0679. The van der Waals surface area contributed by atoms with Gasteiger partial charge in [0.05, 0.1) is 0 Å². The first-order valence-electron chi connectivity index (χ1n) is 9.48. The number of halogens is 1. The highest BCUT2D eigenvalue weighted by molar-refractivity contribution is 5.96. The van der Waals surface area contributed by atoms with Gasteiger partial charge in [-0.15, -0.1) is 12.4 Å². The summed E-state index contributed by atoms with van der Waals surface area (Å²) in [5, 5.41) is 3.48. The minimum Gasteiger partial charge on any atom is -0.331 e. The molecular formula is C22H27ClN2O. The molecule has 1 N–H and O–H groups in total. The van der Waals surface area contributed by atoms with E-state index in [9.17, 15) is 4.79 Å². The minimum atomic E-state index is 0. The third-order valence-corrected chi connectivity index (χ3v) is 5.66. The van der Waals surface area contributed by atoms with E-state index in [1.807, 2.05) is 18.2 Å². The number of fused-ring (bicyclic) bond motifs is 2. The van der Waals surface area contributed by atoms with Crippen molar-refractivity contribution in [2.24, 2.45) is 0 Å². The molecule has 4 heteroatoms. The van der Waals surface area contributed by atoms with Crippen molar-refractivity contribution >= 4 is 18.3 Å². The molecule has 0 saturated carbocycles. The van der Waals surface area contributed by atoms with Crippen molar-refractivity contribution in [3.05, 3.63) is 71.3 Å². The molecular weight excluding hydrogens is 344 g/mol. The summed E-state index contributed by atoms with van der Waals surface area (Å²) >= 11 is 0. The summed E-state index contributed by atoms with van der Waals surface area (Å²) in [7, 11) is 0. The van der Waals surface area contributed by atoms with Gasteiger partial charge in [-0.2, -0.15) is 0 Å². The normalized spacial score (nSPS) is 21.8. The molecule has 1 amide bonds. The van der Waals surface area contributed by atoms with Crippen molar-refractivity contribution in [1.82, 2.24) is 10.2 Å². The third-order valence-electron chi connectivity index (χ3n) is 5.66. The summed E-state index contributed by atoms with van der Waals surface area (Å²) in [5.41, 5.74) is 3.40. The van der Waals surface area contributed by atoms with E-state index in [1.54, 1.807) is 0 Å². The van der Waals surface area contributed by atoms with Gasteiger partial charge >= 0.3 is 0 Å². The highest BCUT2D eigenvalue weighted by atomic mass is 35.5. The fourth-order valence-electron chi connectivity index (χ4n) is 4.32. The number of carbonyl (C=O) groups is 1. The second-order valence-electron chi connectivity index (χ2n) is 7.23. The summed E-state index contributed by atoms with van der Waals surface area (Å²) in [5.74, 6) is 0.236. The number of aryl methyl sites for hydroxylation is 2. The zero-order chi connectivity index (χ0) is 17.1. The van der Waals surface area contributed by atoms with Crippen molar-refractivity contribution < 1.29 is 4.79 Å². The maximum Gasteiger partial charge on any atom is 0.254 e. The Morgan fingerprint density at radius 2 is 1.65 bits per heavy atom. The molecule has 2 unspecified atom stereocenters. The van der Waals surface area contributed by atoms with Gasteiger partial charge in [-0.3, -0.25) is 4.79 Å². The lowest BCUT2D eigenvalue weighted by atomic mass is 9.98.